The van der Waals surface area contributed by atoms with E-state index in [2.05, 4.69) is 60.0 Å². The molecule has 512 valence electrons. The molecular weight excluding hydrogens is 1260 g/mol. The van der Waals surface area contributed by atoms with E-state index in [1.54, 1.807) is 62.8 Å². The number of hydrogen-bond acceptors (Lipinski definition) is 14. The fourth-order valence-corrected chi connectivity index (χ4v) is 10.3. The topological polar surface area (TPSA) is 247 Å². The number of carboxylic acid groups (broad SMARTS) is 5. The van der Waals surface area contributed by atoms with Gasteiger partial charge < -0.3 is 69.4 Å². The van der Waals surface area contributed by atoms with E-state index < -0.39 is 48.4 Å². The van der Waals surface area contributed by atoms with E-state index in [1.165, 1.54) is 4.57 Å². The Labute approximate surface area is 583 Å². The van der Waals surface area contributed by atoms with Gasteiger partial charge in [0.25, 0.3) is 6.04 Å². The number of aliphatic carboxylic acids is 5. The number of benzene rings is 6. The van der Waals surface area contributed by atoms with Gasteiger partial charge in [0.05, 0.1) is 12.8 Å². The molecule has 0 aliphatic heterocycles. The fraction of sp³-hybridized carbons (Fsp3) is 0.173. The normalized spacial score (nSPS) is 11.6. The Balaban J connectivity index is 0.000000188. The van der Waals surface area contributed by atoms with E-state index in [0.717, 1.165) is 78.1 Å². The van der Waals surface area contributed by atoms with Crippen LogP contribution in [0.25, 0.3) is 70.4 Å². The molecule has 0 aliphatic carbocycles. The molecule has 0 aliphatic rings. The molecule has 4 aromatic heterocycles. The van der Waals surface area contributed by atoms with Crippen LogP contribution in [0.3, 0.4) is 0 Å². The summed E-state index contributed by atoms with van der Waals surface area (Å²) < 4.78 is 6.47. The molecule has 10 rings (SSSR count). The highest BCUT2D eigenvalue weighted by Crippen LogP contribution is 2.22. The molecular formula is C81H82N8O11. The first-order chi connectivity index (χ1) is 47.8. The molecule has 0 saturated carbocycles. The first-order valence-electron chi connectivity index (χ1n) is 31.9. The van der Waals surface area contributed by atoms with Gasteiger partial charge >= 0.3 is 5.97 Å². The number of para-hydroxylation sites is 2. The molecule has 0 spiro atoms. The van der Waals surface area contributed by atoms with Crippen molar-refractivity contribution in [1.82, 2.24) is 0 Å². The predicted molar refractivity (Wildman–Crippen MR) is 387 cm³/mol. The van der Waals surface area contributed by atoms with Gasteiger partial charge in [-0.3, -0.25) is 0 Å². The van der Waals surface area contributed by atoms with Gasteiger partial charge in [-0.05, 0) is 118 Å². The summed E-state index contributed by atoms with van der Waals surface area (Å²) in [5, 5.41) is 64.7. The van der Waals surface area contributed by atoms with Crippen molar-refractivity contribution in [2.24, 2.45) is 0 Å². The Morgan fingerprint density at radius 3 is 1.08 bits per heavy atom. The number of carbonyl (C=O) groups excluding carboxylic acids is 4. The highest BCUT2D eigenvalue weighted by atomic mass is 16.4. The maximum atomic E-state index is 11.9. The number of anilines is 4. The SMILES string of the molecule is C=C(O)C(CC(=O)[O-])[n+]1ccc(/C=C/c2ccc(N(C)C)cc2)cc1.CN(C)c1ccc(/C=C/c2cc[n+](CC(=O)[O-])cc2)cc1.CN(C)c1ccc(/C=C/c2ccc3ccccc3[n+]2C(CC(=O)[O-])C(=O)O)cc1.CN(C)c1ccc(/C=C/c2ccc3ccccc3[n+]2CC(=O)[O-])cc1. The number of nitrogens with zero attached hydrogens (tertiary/aromatic N) is 8. The van der Waals surface area contributed by atoms with Crippen LogP contribution in [-0.2, 0) is 37.1 Å². The molecule has 0 saturated heterocycles. The molecule has 4 heterocycles. The fourth-order valence-electron chi connectivity index (χ4n) is 10.3. The maximum absolute atomic E-state index is 11.9. The van der Waals surface area contributed by atoms with E-state index >= 15 is 0 Å². The molecule has 2 N–H and O–H groups in total. The van der Waals surface area contributed by atoms with Gasteiger partial charge in [0.1, 0.15) is 11.9 Å². The van der Waals surface area contributed by atoms with Gasteiger partial charge in [0.15, 0.2) is 43.6 Å². The molecule has 0 fully saturated rings. The number of fused-ring (bicyclic) bond motifs is 2. The van der Waals surface area contributed by atoms with Crippen LogP contribution < -0.4 is 58.3 Å². The van der Waals surface area contributed by atoms with Crippen molar-refractivity contribution in [1.29, 1.82) is 0 Å². The third kappa shape index (κ3) is 22.8. The van der Waals surface area contributed by atoms with Gasteiger partial charge in [0, 0.05) is 163 Å². The van der Waals surface area contributed by atoms with Gasteiger partial charge in [-0.15, -0.1) is 0 Å². The number of carbonyl (C=O) groups is 5. The molecule has 2 unspecified atom stereocenters. The Hall–Kier alpha value is -12.5. The smallest absolute Gasteiger partial charge is 0.373 e. The molecule has 2 atom stereocenters. The minimum atomic E-state index is -1.41. The second kappa shape index (κ2) is 36.6. The van der Waals surface area contributed by atoms with E-state index in [4.69, 9.17) is 0 Å². The largest absolute Gasteiger partial charge is 0.550 e. The summed E-state index contributed by atoms with van der Waals surface area (Å²) in [6, 6.07) is 60.6. The molecule has 10 aromatic rings. The molecule has 0 bridgehead atoms. The van der Waals surface area contributed by atoms with Crippen LogP contribution in [-0.4, -0.2) is 96.4 Å². The Morgan fingerprint density at radius 2 is 0.710 bits per heavy atom. The van der Waals surface area contributed by atoms with Crippen molar-refractivity contribution >= 4 is 123 Å². The highest BCUT2D eigenvalue weighted by molar-refractivity contribution is 5.82. The number of aromatic nitrogens is 4. The minimum absolute atomic E-state index is 0.129. The Kier molecular flexibility index (Phi) is 27.4. The van der Waals surface area contributed by atoms with Crippen LogP contribution in [0, 0.1) is 0 Å². The average Bonchev–Trinajstić information content (AvgIpc) is 0.793. The third-order valence-corrected chi connectivity index (χ3v) is 15.8. The summed E-state index contributed by atoms with van der Waals surface area (Å²) in [6.45, 7) is 3.12. The van der Waals surface area contributed by atoms with Gasteiger partial charge in [-0.25, -0.2) is 4.79 Å². The first-order valence-corrected chi connectivity index (χ1v) is 31.9. The van der Waals surface area contributed by atoms with Gasteiger partial charge in [-0.2, -0.15) is 18.3 Å². The molecule has 0 radical (unpaired) electrons. The summed E-state index contributed by atoms with van der Waals surface area (Å²) >= 11 is 0. The van der Waals surface area contributed by atoms with E-state index in [-0.39, 0.29) is 25.3 Å². The number of pyridine rings is 4. The van der Waals surface area contributed by atoms with Crippen molar-refractivity contribution in [2.45, 2.75) is 38.0 Å². The zero-order chi connectivity index (χ0) is 72.4. The monoisotopic (exact) mass is 1340 g/mol. The molecule has 19 heteroatoms. The van der Waals surface area contributed by atoms with E-state index in [1.807, 2.05) is 241 Å². The highest BCUT2D eigenvalue weighted by Gasteiger charge is 2.32. The summed E-state index contributed by atoms with van der Waals surface area (Å²) in [5.41, 5.74) is 13.6. The summed E-state index contributed by atoms with van der Waals surface area (Å²) in [4.78, 5) is 63.7. The Morgan fingerprint density at radius 1 is 0.380 bits per heavy atom. The lowest BCUT2D eigenvalue weighted by atomic mass is 10.1. The number of allylic oxidation sites excluding steroid dienone is 1. The number of carboxylic acids is 5. The predicted octanol–water partition coefficient (Wildman–Crippen LogP) is 7.17. The zero-order valence-electron chi connectivity index (χ0n) is 57.2. The maximum Gasteiger partial charge on any atom is 0.373 e. The van der Waals surface area contributed by atoms with Crippen molar-refractivity contribution in [3.8, 4) is 0 Å². The lowest BCUT2D eigenvalue weighted by molar-refractivity contribution is -0.717. The minimum Gasteiger partial charge on any atom is -0.550 e. The van der Waals surface area contributed by atoms with Gasteiger partial charge in [0.2, 0.25) is 28.5 Å². The van der Waals surface area contributed by atoms with Crippen LogP contribution in [0.5, 0.6) is 0 Å². The lowest BCUT2D eigenvalue weighted by Gasteiger charge is -2.13. The number of aliphatic hydroxyl groups is 1. The molecule has 6 aromatic carbocycles. The molecule has 0 amide bonds. The molecule has 19 nitrogen and oxygen atoms in total. The summed E-state index contributed by atoms with van der Waals surface area (Å²) in [6.07, 6.45) is 21.5. The number of rotatable bonds is 24. The quantitative estimate of drug-likeness (QED) is 0.0450. The van der Waals surface area contributed by atoms with Crippen molar-refractivity contribution < 1.29 is 72.9 Å². The van der Waals surface area contributed by atoms with Crippen LogP contribution in [0.15, 0.2) is 231 Å². The number of hydrogen-bond donors (Lipinski definition) is 2. The summed E-state index contributed by atoms with van der Waals surface area (Å²) in [7, 11) is 16.0. The summed E-state index contributed by atoms with van der Waals surface area (Å²) in [5.74, 6) is -6.28. The Bertz CT molecular complexity index is 4550. The zero-order valence-corrected chi connectivity index (χ0v) is 57.2. The van der Waals surface area contributed by atoms with Crippen LogP contribution >= 0.6 is 0 Å². The van der Waals surface area contributed by atoms with E-state index in [0.29, 0.717) is 11.2 Å². The van der Waals surface area contributed by atoms with Crippen LogP contribution in [0.4, 0.5) is 22.7 Å². The van der Waals surface area contributed by atoms with Crippen LogP contribution in [0.1, 0.15) is 69.7 Å². The lowest BCUT2D eigenvalue weighted by Crippen LogP contribution is -2.49. The van der Waals surface area contributed by atoms with Crippen molar-refractivity contribution in [3.63, 3.8) is 0 Å². The standard InChI is InChI=1S/C23H22N2O4.C21H20N2O2.C20H22N2O3.C17H18N2O2/c1-24(2)18-11-7-16(8-12-18)9-13-19-14-10-17-5-3-4-6-20(17)25(19)21(23(28)29)15-22(26)27;1-22(2)18-11-7-16(8-12-18)9-13-19-14-10-17-5-3-4-6-20(17)23(19)15-21(24)25;1-15(23)19(14-20(24)25)22-12-10-17(11-13-22)5-4-16-6-8-18(9-7-16)21(2)3;1-18(2)16-7-5-14(6-8-16)3-4-15-9-11-19(12-10-15)13-17(20)21/h3-14,21H,15H2,1-2H3,(H-,26,27,28,29);3-14H,15H2,1-2H3;4-13,19H,1,14H2,2-3H3,(H-,23,24,25);3-12H,13H2,1-2H3. The average molecular weight is 1340 g/mol. The van der Waals surface area contributed by atoms with E-state index in [9.17, 15) is 54.6 Å². The molecule has 100 heavy (non-hydrogen) atoms. The second-order valence-corrected chi connectivity index (χ2v) is 24.0. The third-order valence-electron chi connectivity index (χ3n) is 15.8. The van der Waals surface area contributed by atoms with Crippen molar-refractivity contribution in [2.75, 3.05) is 76.0 Å². The number of aliphatic hydroxyl groups excluding tert-OH is 1. The second-order valence-electron chi connectivity index (χ2n) is 24.0. The van der Waals surface area contributed by atoms with Crippen LogP contribution in [0.2, 0.25) is 0 Å². The van der Waals surface area contributed by atoms with Gasteiger partial charge in [-0.1, -0.05) is 104 Å². The van der Waals surface area contributed by atoms with Crippen molar-refractivity contribution in [3.05, 3.63) is 276 Å². The first kappa shape index (κ1) is 74.9.